The quantitative estimate of drug-likeness (QED) is 0.865. The number of hydrogen-bond acceptors (Lipinski definition) is 2. The summed E-state index contributed by atoms with van der Waals surface area (Å²) in [5, 5.41) is 3.41. The van der Waals surface area contributed by atoms with Crippen LogP contribution in [0.4, 0.5) is 10.1 Å². The van der Waals surface area contributed by atoms with Gasteiger partial charge in [-0.25, -0.2) is 4.39 Å². The average molecular weight is 278 g/mol. The summed E-state index contributed by atoms with van der Waals surface area (Å²) < 4.78 is 13.7. The summed E-state index contributed by atoms with van der Waals surface area (Å²) >= 11 is 0. The summed E-state index contributed by atoms with van der Waals surface area (Å²) in [6.07, 6.45) is 3.62. The highest BCUT2D eigenvalue weighted by Crippen LogP contribution is 2.36. The Hall–Kier alpha value is -1.09. The normalized spacial score (nSPS) is 24.1. The Morgan fingerprint density at radius 2 is 2.10 bits per heavy atom. The van der Waals surface area contributed by atoms with Crippen molar-refractivity contribution in [2.75, 3.05) is 11.4 Å². The third kappa shape index (κ3) is 2.98. The van der Waals surface area contributed by atoms with Crippen LogP contribution in [0.3, 0.4) is 0 Å². The molecule has 1 aliphatic heterocycles. The topological polar surface area (TPSA) is 15.3 Å². The van der Waals surface area contributed by atoms with Crippen molar-refractivity contribution in [3.05, 3.63) is 29.6 Å². The summed E-state index contributed by atoms with van der Waals surface area (Å²) in [4.78, 5) is 2.50. The molecule has 1 N–H and O–H groups in total. The van der Waals surface area contributed by atoms with E-state index in [0.29, 0.717) is 12.1 Å². The Kier molecular flexibility index (Phi) is 5.03. The molecule has 0 radical (unpaired) electrons. The van der Waals surface area contributed by atoms with Crippen molar-refractivity contribution in [3.63, 3.8) is 0 Å². The van der Waals surface area contributed by atoms with Gasteiger partial charge in [-0.3, -0.25) is 0 Å². The monoisotopic (exact) mass is 278 g/mol. The number of anilines is 1. The van der Waals surface area contributed by atoms with Crippen LogP contribution in [-0.4, -0.2) is 18.6 Å². The van der Waals surface area contributed by atoms with Gasteiger partial charge in [0.2, 0.25) is 0 Å². The molecule has 1 heterocycles. The highest BCUT2D eigenvalue weighted by molar-refractivity contribution is 5.57. The van der Waals surface area contributed by atoms with Gasteiger partial charge in [-0.2, -0.15) is 0 Å². The van der Waals surface area contributed by atoms with Crippen LogP contribution in [0.25, 0.3) is 0 Å². The van der Waals surface area contributed by atoms with Crippen LogP contribution < -0.4 is 10.2 Å². The minimum atomic E-state index is -0.145. The summed E-state index contributed by atoms with van der Waals surface area (Å²) in [6.45, 7) is 9.61. The number of nitrogens with zero attached hydrogens (tertiary/aromatic N) is 1. The smallest absolute Gasteiger partial charge is 0.123 e. The van der Waals surface area contributed by atoms with Gasteiger partial charge < -0.3 is 10.2 Å². The standard InChI is InChI=1S/C17H27FN2/c1-5-15-9-7-12(3)20(15)17-10-8-14(18)11-16(17)13(4)19-6-2/h8,10-13,15,19H,5-7,9H2,1-4H3. The van der Waals surface area contributed by atoms with Gasteiger partial charge in [0.05, 0.1) is 0 Å². The zero-order valence-corrected chi connectivity index (χ0v) is 13.1. The molecule has 0 saturated carbocycles. The fraction of sp³-hybridized carbons (Fsp3) is 0.647. The average Bonchev–Trinajstić information content (AvgIpc) is 2.80. The third-order valence-electron chi connectivity index (χ3n) is 4.50. The van der Waals surface area contributed by atoms with Gasteiger partial charge in [0, 0.05) is 23.8 Å². The first-order valence-corrected chi connectivity index (χ1v) is 7.89. The Morgan fingerprint density at radius 3 is 2.75 bits per heavy atom. The fourth-order valence-electron chi connectivity index (χ4n) is 3.43. The number of rotatable bonds is 5. The van der Waals surface area contributed by atoms with E-state index in [-0.39, 0.29) is 11.9 Å². The molecular weight excluding hydrogens is 251 g/mol. The maximum absolute atomic E-state index is 13.7. The first-order valence-electron chi connectivity index (χ1n) is 7.89. The summed E-state index contributed by atoms with van der Waals surface area (Å²) in [5.41, 5.74) is 2.29. The van der Waals surface area contributed by atoms with Crippen LogP contribution in [0.1, 0.15) is 58.6 Å². The number of hydrogen-bond donors (Lipinski definition) is 1. The minimum Gasteiger partial charge on any atom is -0.366 e. The molecule has 3 atom stereocenters. The molecule has 20 heavy (non-hydrogen) atoms. The van der Waals surface area contributed by atoms with E-state index in [4.69, 9.17) is 0 Å². The lowest BCUT2D eigenvalue weighted by atomic mass is 10.0. The summed E-state index contributed by atoms with van der Waals surface area (Å²) in [6, 6.07) is 6.55. The molecule has 3 heteroatoms. The molecular formula is C17H27FN2. The van der Waals surface area contributed by atoms with Crippen molar-refractivity contribution in [1.82, 2.24) is 5.32 Å². The Labute approximate surface area is 122 Å². The molecule has 112 valence electrons. The lowest BCUT2D eigenvalue weighted by Gasteiger charge is -2.33. The second-order valence-corrected chi connectivity index (χ2v) is 5.88. The van der Waals surface area contributed by atoms with Gasteiger partial charge >= 0.3 is 0 Å². The molecule has 1 saturated heterocycles. The number of benzene rings is 1. The highest BCUT2D eigenvalue weighted by atomic mass is 19.1. The molecule has 1 aromatic rings. The van der Waals surface area contributed by atoms with E-state index in [2.05, 4.69) is 37.9 Å². The highest BCUT2D eigenvalue weighted by Gasteiger charge is 2.31. The van der Waals surface area contributed by atoms with Crippen molar-refractivity contribution in [1.29, 1.82) is 0 Å². The molecule has 0 bridgehead atoms. The predicted octanol–water partition coefficient (Wildman–Crippen LogP) is 4.26. The fourth-order valence-corrected chi connectivity index (χ4v) is 3.43. The minimum absolute atomic E-state index is 0.145. The third-order valence-corrected chi connectivity index (χ3v) is 4.50. The van der Waals surface area contributed by atoms with Crippen molar-refractivity contribution in [2.45, 2.75) is 65.1 Å². The van der Waals surface area contributed by atoms with Crippen molar-refractivity contribution in [3.8, 4) is 0 Å². The Bertz CT molecular complexity index is 447. The molecule has 0 spiro atoms. The van der Waals surface area contributed by atoms with E-state index in [1.165, 1.54) is 18.5 Å². The van der Waals surface area contributed by atoms with Crippen molar-refractivity contribution >= 4 is 5.69 Å². The first-order chi connectivity index (χ1) is 9.58. The predicted molar refractivity (Wildman–Crippen MR) is 83.7 cm³/mol. The van der Waals surface area contributed by atoms with Gasteiger partial charge in [0.15, 0.2) is 0 Å². The second-order valence-electron chi connectivity index (χ2n) is 5.88. The molecule has 1 fully saturated rings. The van der Waals surface area contributed by atoms with Crippen LogP contribution in [0.2, 0.25) is 0 Å². The van der Waals surface area contributed by atoms with E-state index in [1.807, 2.05) is 6.07 Å². The van der Waals surface area contributed by atoms with Crippen LogP contribution in [-0.2, 0) is 0 Å². The second kappa shape index (κ2) is 6.57. The lowest BCUT2D eigenvalue weighted by molar-refractivity contribution is 0.570. The van der Waals surface area contributed by atoms with E-state index in [1.54, 1.807) is 12.1 Å². The van der Waals surface area contributed by atoms with Crippen LogP contribution in [0, 0.1) is 5.82 Å². The molecule has 1 aliphatic rings. The summed E-state index contributed by atoms with van der Waals surface area (Å²) in [5.74, 6) is -0.145. The van der Waals surface area contributed by atoms with Crippen molar-refractivity contribution in [2.24, 2.45) is 0 Å². The van der Waals surface area contributed by atoms with E-state index in [9.17, 15) is 4.39 Å². The largest absolute Gasteiger partial charge is 0.366 e. The maximum Gasteiger partial charge on any atom is 0.123 e. The lowest BCUT2D eigenvalue weighted by Crippen LogP contribution is -2.35. The van der Waals surface area contributed by atoms with Crippen LogP contribution in [0.15, 0.2) is 18.2 Å². The Balaban J connectivity index is 2.39. The molecule has 1 aromatic carbocycles. The maximum atomic E-state index is 13.7. The zero-order valence-electron chi connectivity index (χ0n) is 13.1. The van der Waals surface area contributed by atoms with Crippen molar-refractivity contribution < 1.29 is 4.39 Å². The number of nitrogens with one attached hydrogen (secondary N) is 1. The molecule has 0 amide bonds. The summed E-state index contributed by atoms with van der Waals surface area (Å²) in [7, 11) is 0. The molecule has 3 unspecified atom stereocenters. The van der Waals surface area contributed by atoms with E-state index >= 15 is 0 Å². The van der Waals surface area contributed by atoms with E-state index in [0.717, 1.165) is 18.5 Å². The van der Waals surface area contributed by atoms with Gasteiger partial charge in [-0.05, 0) is 63.4 Å². The van der Waals surface area contributed by atoms with Gasteiger partial charge in [0.1, 0.15) is 5.82 Å². The van der Waals surface area contributed by atoms with Gasteiger partial charge in [-0.15, -0.1) is 0 Å². The zero-order chi connectivity index (χ0) is 14.7. The molecule has 2 nitrogen and oxygen atoms in total. The van der Waals surface area contributed by atoms with Crippen LogP contribution in [0.5, 0.6) is 0 Å². The molecule has 0 aromatic heterocycles. The van der Waals surface area contributed by atoms with Gasteiger partial charge in [0.25, 0.3) is 0 Å². The van der Waals surface area contributed by atoms with Crippen LogP contribution >= 0.6 is 0 Å². The van der Waals surface area contributed by atoms with Gasteiger partial charge in [-0.1, -0.05) is 13.8 Å². The molecule has 0 aliphatic carbocycles. The molecule has 2 rings (SSSR count). The SMILES string of the molecule is CCNC(C)c1cc(F)ccc1N1C(C)CCC1CC. The first kappa shape index (κ1) is 15.3. The number of halogens is 1. The van der Waals surface area contributed by atoms with E-state index < -0.39 is 0 Å². The Morgan fingerprint density at radius 1 is 1.35 bits per heavy atom.